The molecule has 104 valence electrons. The molecule has 0 spiro atoms. The molecule has 0 aromatic carbocycles. The zero-order chi connectivity index (χ0) is 14.1. The number of fused-ring (bicyclic) bond motifs is 1. The summed E-state index contributed by atoms with van der Waals surface area (Å²) in [5.74, 6) is 0.574. The highest BCUT2D eigenvalue weighted by atomic mass is 35.5. The summed E-state index contributed by atoms with van der Waals surface area (Å²) < 4.78 is 15.3. The second kappa shape index (κ2) is 3.52. The van der Waals surface area contributed by atoms with Crippen LogP contribution in [0.3, 0.4) is 0 Å². The predicted molar refractivity (Wildman–Crippen MR) is 74.5 cm³/mol. The quantitative estimate of drug-likeness (QED) is 0.865. The first-order valence-corrected chi connectivity index (χ1v) is 6.91. The minimum Gasteiger partial charge on any atom is -0.328 e. The van der Waals surface area contributed by atoms with Crippen LogP contribution in [0, 0.1) is 5.41 Å². The Balaban J connectivity index is 1.65. The van der Waals surface area contributed by atoms with Gasteiger partial charge in [0.2, 0.25) is 5.91 Å². The number of pyridine rings is 1. The number of aromatic nitrogens is 2. The topological polar surface area (TPSA) is 46.9 Å². The van der Waals surface area contributed by atoms with Gasteiger partial charge in [-0.15, -0.1) is 0 Å². The van der Waals surface area contributed by atoms with E-state index in [1.54, 1.807) is 10.8 Å². The molecule has 5 rings (SSSR count). The maximum atomic E-state index is 13.5. The lowest BCUT2D eigenvalue weighted by Crippen LogP contribution is -2.69. The lowest BCUT2D eigenvalue weighted by Gasteiger charge is -2.64. The van der Waals surface area contributed by atoms with Crippen LogP contribution in [0.2, 0.25) is 5.15 Å². The predicted octanol–water partition coefficient (Wildman–Crippen LogP) is 3.06. The number of halogens is 2. The Morgan fingerprint density at radius 3 is 2.80 bits per heavy atom. The van der Waals surface area contributed by atoms with Gasteiger partial charge in [0.15, 0.2) is 5.15 Å². The van der Waals surface area contributed by atoms with E-state index in [9.17, 15) is 9.18 Å². The molecule has 2 heterocycles. The lowest BCUT2D eigenvalue weighted by atomic mass is 9.42. The maximum Gasteiger partial charge on any atom is 0.232 e. The highest BCUT2D eigenvalue weighted by Crippen LogP contribution is 2.69. The SMILES string of the molecule is Cn1c(NC(=O)C23CC(F)(C2)C3)cc2ccnc(Cl)c21. The van der Waals surface area contributed by atoms with Crippen molar-refractivity contribution in [3.8, 4) is 0 Å². The van der Waals surface area contributed by atoms with E-state index in [1.165, 1.54) is 0 Å². The Morgan fingerprint density at radius 1 is 1.50 bits per heavy atom. The van der Waals surface area contributed by atoms with Gasteiger partial charge in [-0.05, 0) is 31.4 Å². The van der Waals surface area contributed by atoms with Gasteiger partial charge in [0, 0.05) is 18.6 Å². The standard InChI is InChI=1S/C14H13ClFN3O/c1-19-9(4-8-2-3-17-11(15)10(8)19)18-12(20)13-5-14(16,6-13)7-13/h2-4H,5-7H2,1H3,(H,18,20). The largest absolute Gasteiger partial charge is 0.328 e. The van der Waals surface area contributed by atoms with E-state index >= 15 is 0 Å². The van der Waals surface area contributed by atoms with E-state index in [0.29, 0.717) is 30.2 Å². The van der Waals surface area contributed by atoms with Crippen LogP contribution >= 0.6 is 11.6 Å². The number of nitrogens with one attached hydrogen (secondary N) is 1. The first-order chi connectivity index (χ1) is 9.42. The molecule has 0 radical (unpaired) electrons. The van der Waals surface area contributed by atoms with Crippen LogP contribution in [-0.2, 0) is 11.8 Å². The van der Waals surface area contributed by atoms with Crippen LogP contribution in [0.25, 0.3) is 10.9 Å². The van der Waals surface area contributed by atoms with E-state index in [2.05, 4.69) is 10.3 Å². The Hall–Kier alpha value is -1.62. The number of carbonyl (C=O) groups is 1. The van der Waals surface area contributed by atoms with Crippen molar-refractivity contribution in [2.24, 2.45) is 12.5 Å². The van der Waals surface area contributed by atoms with E-state index in [-0.39, 0.29) is 5.91 Å². The van der Waals surface area contributed by atoms with Gasteiger partial charge in [-0.3, -0.25) is 4.79 Å². The van der Waals surface area contributed by atoms with E-state index in [0.717, 1.165) is 10.9 Å². The van der Waals surface area contributed by atoms with Crippen LogP contribution in [0.4, 0.5) is 10.2 Å². The van der Waals surface area contributed by atoms with Crippen molar-refractivity contribution >= 4 is 34.2 Å². The van der Waals surface area contributed by atoms with Crippen LogP contribution in [-0.4, -0.2) is 21.1 Å². The number of amides is 1. The van der Waals surface area contributed by atoms with Crippen LogP contribution in [0.15, 0.2) is 18.3 Å². The third-order valence-corrected chi connectivity index (χ3v) is 4.87. The number of rotatable bonds is 2. The normalized spacial score (nSPS) is 30.8. The summed E-state index contributed by atoms with van der Waals surface area (Å²) in [5, 5.41) is 4.22. The van der Waals surface area contributed by atoms with Crippen molar-refractivity contribution in [3.63, 3.8) is 0 Å². The third-order valence-electron chi connectivity index (χ3n) is 4.59. The molecule has 3 fully saturated rings. The molecular formula is C14H13ClFN3O. The second-order valence-electron chi connectivity index (χ2n) is 6.04. The third kappa shape index (κ3) is 1.41. The van der Waals surface area contributed by atoms with E-state index in [1.807, 2.05) is 19.2 Å². The number of nitrogens with zero attached hydrogens (tertiary/aromatic N) is 2. The van der Waals surface area contributed by atoms with Gasteiger partial charge in [0.25, 0.3) is 0 Å². The van der Waals surface area contributed by atoms with Crippen LogP contribution < -0.4 is 5.32 Å². The summed E-state index contributed by atoms with van der Waals surface area (Å²) in [4.78, 5) is 16.3. The highest BCUT2D eigenvalue weighted by Gasteiger charge is 2.72. The van der Waals surface area contributed by atoms with Crippen molar-refractivity contribution in [3.05, 3.63) is 23.5 Å². The molecule has 0 atom stereocenters. The van der Waals surface area contributed by atoms with Crippen LogP contribution in [0.5, 0.6) is 0 Å². The van der Waals surface area contributed by atoms with Gasteiger partial charge in [0.1, 0.15) is 11.5 Å². The minimum atomic E-state index is -1.07. The Morgan fingerprint density at radius 2 is 2.20 bits per heavy atom. The highest BCUT2D eigenvalue weighted by molar-refractivity contribution is 6.34. The van der Waals surface area contributed by atoms with Crippen LogP contribution in [0.1, 0.15) is 19.3 Å². The van der Waals surface area contributed by atoms with Gasteiger partial charge in [-0.2, -0.15) is 0 Å². The van der Waals surface area contributed by atoms with Crippen molar-refractivity contribution in [2.45, 2.75) is 24.9 Å². The first-order valence-electron chi connectivity index (χ1n) is 6.53. The second-order valence-corrected chi connectivity index (χ2v) is 6.40. The zero-order valence-electron chi connectivity index (χ0n) is 10.9. The molecule has 20 heavy (non-hydrogen) atoms. The number of carbonyl (C=O) groups excluding carboxylic acids is 1. The zero-order valence-corrected chi connectivity index (χ0v) is 11.7. The van der Waals surface area contributed by atoms with Gasteiger partial charge < -0.3 is 9.88 Å². The fourth-order valence-corrected chi connectivity index (χ4v) is 3.82. The van der Waals surface area contributed by atoms with Crippen molar-refractivity contribution in [2.75, 3.05) is 5.32 Å². The number of hydrogen-bond acceptors (Lipinski definition) is 2. The van der Waals surface area contributed by atoms with E-state index in [4.69, 9.17) is 11.6 Å². The Bertz CT molecular complexity index is 734. The average Bonchev–Trinajstić information content (AvgIpc) is 2.62. The fraction of sp³-hybridized carbons (Fsp3) is 0.429. The van der Waals surface area contributed by atoms with Gasteiger partial charge in [0.05, 0.1) is 10.9 Å². The number of alkyl halides is 1. The monoisotopic (exact) mass is 293 g/mol. The molecule has 0 unspecified atom stereocenters. The average molecular weight is 294 g/mol. The van der Waals surface area contributed by atoms with Gasteiger partial charge in [-0.25, -0.2) is 9.37 Å². The molecule has 2 aromatic rings. The number of hydrogen-bond donors (Lipinski definition) is 1. The lowest BCUT2D eigenvalue weighted by molar-refractivity contribution is -0.209. The molecule has 4 nitrogen and oxygen atoms in total. The maximum absolute atomic E-state index is 13.5. The molecule has 3 aliphatic rings. The van der Waals surface area contributed by atoms with Gasteiger partial charge in [-0.1, -0.05) is 11.6 Å². The first kappa shape index (κ1) is 12.1. The summed E-state index contributed by atoms with van der Waals surface area (Å²) in [5.41, 5.74) is -0.763. The smallest absolute Gasteiger partial charge is 0.232 e. The fourth-order valence-electron chi connectivity index (χ4n) is 3.53. The Kier molecular flexibility index (Phi) is 2.14. The molecule has 1 N–H and O–H groups in total. The number of anilines is 1. The summed E-state index contributed by atoms with van der Waals surface area (Å²) in [6.07, 6.45) is 2.71. The summed E-state index contributed by atoms with van der Waals surface area (Å²) in [6.45, 7) is 0. The molecule has 0 aliphatic heterocycles. The summed E-state index contributed by atoms with van der Waals surface area (Å²) in [7, 11) is 1.82. The molecule has 6 heteroatoms. The van der Waals surface area contributed by atoms with Crippen molar-refractivity contribution in [1.29, 1.82) is 0 Å². The molecule has 1 amide bonds. The molecule has 3 aliphatic carbocycles. The molecule has 2 bridgehead atoms. The number of aryl methyl sites for hydroxylation is 1. The van der Waals surface area contributed by atoms with Gasteiger partial charge >= 0.3 is 0 Å². The van der Waals surface area contributed by atoms with Crippen molar-refractivity contribution in [1.82, 2.24) is 9.55 Å². The molecule has 3 saturated carbocycles. The molecular weight excluding hydrogens is 281 g/mol. The Labute approximate surface area is 119 Å². The molecule has 0 saturated heterocycles. The van der Waals surface area contributed by atoms with Crippen molar-refractivity contribution < 1.29 is 9.18 Å². The minimum absolute atomic E-state index is 0.0907. The van der Waals surface area contributed by atoms with E-state index < -0.39 is 11.1 Å². The summed E-state index contributed by atoms with van der Waals surface area (Å²) >= 11 is 6.07. The summed E-state index contributed by atoms with van der Waals surface area (Å²) in [6, 6.07) is 3.70. The molecule has 2 aromatic heterocycles.